The Hall–Kier alpha value is -2.18. The van der Waals surface area contributed by atoms with Gasteiger partial charge in [0.05, 0.1) is 5.75 Å². The molecule has 1 aliphatic heterocycles. The van der Waals surface area contributed by atoms with Crippen LogP contribution < -0.4 is 0 Å². The predicted octanol–water partition coefficient (Wildman–Crippen LogP) is 3.66. The first-order chi connectivity index (χ1) is 13.7. The molecule has 1 fully saturated rings. The van der Waals surface area contributed by atoms with Crippen molar-refractivity contribution in [2.75, 3.05) is 25.1 Å². The second-order valence-electron chi connectivity index (χ2n) is 7.51. The van der Waals surface area contributed by atoms with Crippen molar-refractivity contribution in [3.8, 4) is 0 Å². The quantitative estimate of drug-likeness (QED) is 0.652. The average molecular weight is 434 g/mol. The number of amides is 1. The van der Waals surface area contributed by atoms with Gasteiger partial charge in [0.25, 0.3) is 5.91 Å². The van der Waals surface area contributed by atoms with E-state index >= 15 is 0 Å². The lowest BCUT2D eigenvalue weighted by Gasteiger charge is -2.31. The van der Waals surface area contributed by atoms with E-state index in [0.29, 0.717) is 48.5 Å². The molecule has 2 aromatic carbocycles. The highest BCUT2D eigenvalue weighted by atomic mass is 35.5. The monoisotopic (exact) mass is 433 g/mol. The zero-order valence-electron chi connectivity index (χ0n) is 16.3. The molecule has 1 aliphatic rings. The molecule has 0 spiro atoms. The van der Waals surface area contributed by atoms with Gasteiger partial charge in [-0.3, -0.25) is 9.59 Å². The summed E-state index contributed by atoms with van der Waals surface area (Å²) in [5.41, 5.74) is 2.12. The summed E-state index contributed by atoms with van der Waals surface area (Å²) >= 11 is 5.88. The van der Waals surface area contributed by atoms with E-state index in [2.05, 4.69) is 0 Å². The summed E-state index contributed by atoms with van der Waals surface area (Å²) in [6.07, 6.45) is 2.93. The van der Waals surface area contributed by atoms with Crippen LogP contribution >= 0.6 is 11.6 Å². The first kappa shape index (κ1) is 21.5. The number of carbonyl (C=O) groups excluding carboxylic acids is 2. The van der Waals surface area contributed by atoms with Gasteiger partial charge in [-0.25, -0.2) is 8.42 Å². The lowest BCUT2D eigenvalue weighted by molar-refractivity contribution is 0.0650. The standard InChI is InChI=1S/C22H24ClNO4S/c1-29(27,28)15-12-16-2-4-19(5-3-16)22(26)24-13-10-18(11-14-24)21(25)17-6-8-20(23)9-7-17/h2-9,18H,10-15H2,1H3. The van der Waals surface area contributed by atoms with Crippen LogP contribution in [0.15, 0.2) is 48.5 Å². The molecular weight excluding hydrogens is 410 g/mol. The summed E-state index contributed by atoms with van der Waals surface area (Å²) in [6.45, 7) is 1.08. The number of nitrogens with zero attached hydrogens (tertiary/aromatic N) is 1. The Morgan fingerprint density at radius 3 is 2.07 bits per heavy atom. The van der Waals surface area contributed by atoms with Gasteiger partial charge >= 0.3 is 0 Å². The minimum absolute atomic E-state index is 0.0583. The molecular formula is C22H24ClNO4S. The molecule has 0 radical (unpaired) electrons. The first-order valence-electron chi connectivity index (χ1n) is 9.59. The summed E-state index contributed by atoms with van der Waals surface area (Å²) in [4.78, 5) is 27.2. The van der Waals surface area contributed by atoms with Crippen molar-refractivity contribution in [1.82, 2.24) is 4.90 Å². The van der Waals surface area contributed by atoms with Crippen molar-refractivity contribution in [3.05, 3.63) is 70.2 Å². The second-order valence-corrected chi connectivity index (χ2v) is 10.2. The number of carbonyl (C=O) groups is 2. The summed E-state index contributed by atoms with van der Waals surface area (Å²) in [5.74, 6) is 0.0507. The van der Waals surface area contributed by atoms with Gasteiger partial charge in [-0.2, -0.15) is 0 Å². The highest BCUT2D eigenvalue weighted by molar-refractivity contribution is 7.90. The van der Waals surface area contributed by atoms with E-state index < -0.39 is 9.84 Å². The molecule has 1 saturated heterocycles. The van der Waals surface area contributed by atoms with Crippen LogP contribution in [0.2, 0.25) is 5.02 Å². The number of rotatable bonds is 6. The van der Waals surface area contributed by atoms with Gasteiger partial charge in [0.15, 0.2) is 5.78 Å². The number of hydrogen-bond donors (Lipinski definition) is 0. The Balaban J connectivity index is 1.55. The Morgan fingerprint density at radius 2 is 1.52 bits per heavy atom. The molecule has 5 nitrogen and oxygen atoms in total. The Kier molecular flexibility index (Phi) is 6.75. The molecule has 0 N–H and O–H groups in total. The Labute approximate surface area is 176 Å². The third kappa shape index (κ3) is 5.90. The Bertz CT molecular complexity index is 976. The van der Waals surface area contributed by atoms with Crippen molar-refractivity contribution in [3.63, 3.8) is 0 Å². The number of sulfone groups is 1. The maximum Gasteiger partial charge on any atom is 0.253 e. The van der Waals surface area contributed by atoms with Gasteiger partial charge in [0.1, 0.15) is 9.84 Å². The van der Waals surface area contributed by atoms with Crippen LogP contribution in [0, 0.1) is 5.92 Å². The Morgan fingerprint density at radius 1 is 0.966 bits per heavy atom. The molecule has 0 bridgehead atoms. The molecule has 0 aromatic heterocycles. The third-order valence-electron chi connectivity index (χ3n) is 5.24. The maximum atomic E-state index is 12.7. The molecule has 29 heavy (non-hydrogen) atoms. The fourth-order valence-electron chi connectivity index (χ4n) is 3.49. The van der Waals surface area contributed by atoms with Crippen LogP contribution in [0.25, 0.3) is 0 Å². The maximum absolute atomic E-state index is 12.7. The number of aryl methyl sites for hydroxylation is 1. The van der Waals surface area contributed by atoms with E-state index in [-0.39, 0.29) is 23.4 Å². The number of benzene rings is 2. The molecule has 1 heterocycles. The molecule has 0 aliphatic carbocycles. The largest absolute Gasteiger partial charge is 0.339 e. The van der Waals surface area contributed by atoms with Crippen molar-refractivity contribution < 1.29 is 18.0 Å². The molecule has 154 valence electrons. The SMILES string of the molecule is CS(=O)(=O)CCc1ccc(C(=O)N2CCC(C(=O)c3ccc(Cl)cc3)CC2)cc1. The van der Waals surface area contributed by atoms with Gasteiger partial charge in [-0.05, 0) is 61.2 Å². The zero-order chi connectivity index (χ0) is 21.0. The van der Waals surface area contributed by atoms with Crippen molar-refractivity contribution >= 4 is 33.1 Å². The van der Waals surface area contributed by atoms with Gasteiger partial charge in [0.2, 0.25) is 0 Å². The van der Waals surface area contributed by atoms with Gasteiger partial charge in [-0.1, -0.05) is 23.7 Å². The number of halogens is 1. The van der Waals surface area contributed by atoms with E-state index in [9.17, 15) is 18.0 Å². The fourth-order valence-corrected chi connectivity index (χ4v) is 4.23. The molecule has 7 heteroatoms. The highest BCUT2D eigenvalue weighted by Crippen LogP contribution is 2.24. The summed E-state index contributed by atoms with van der Waals surface area (Å²) in [7, 11) is -3.01. The van der Waals surface area contributed by atoms with Crippen molar-refractivity contribution in [2.45, 2.75) is 19.3 Å². The number of hydrogen-bond acceptors (Lipinski definition) is 4. The smallest absolute Gasteiger partial charge is 0.253 e. The van der Waals surface area contributed by atoms with Crippen LogP contribution in [0.4, 0.5) is 0 Å². The zero-order valence-corrected chi connectivity index (χ0v) is 17.9. The topological polar surface area (TPSA) is 71.5 Å². The number of likely N-dealkylation sites (tertiary alicyclic amines) is 1. The van der Waals surface area contributed by atoms with Crippen LogP contribution in [-0.2, 0) is 16.3 Å². The molecule has 0 unspecified atom stereocenters. The lowest BCUT2D eigenvalue weighted by atomic mass is 9.88. The summed E-state index contributed by atoms with van der Waals surface area (Å²) in [6, 6.07) is 14.0. The van der Waals surface area contributed by atoms with Crippen LogP contribution in [-0.4, -0.2) is 50.1 Å². The van der Waals surface area contributed by atoms with E-state index in [0.717, 1.165) is 5.56 Å². The highest BCUT2D eigenvalue weighted by Gasteiger charge is 2.28. The minimum Gasteiger partial charge on any atom is -0.339 e. The number of piperidine rings is 1. The van der Waals surface area contributed by atoms with E-state index in [1.165, 1.54) is 6.26 Å². The number of ketones is 1. The van der Waals surface area contributed by atoms with Crippen LogP contribution in [0.1, 0.15) is 39.1 Å². The molecule has 2 aromatic rings. The van der Waals surface area contributed by atoms with E-state index in [1.807, 2.05) is 0 Å². The molecule has 3 rings (SSSR count). The molecule has 1 amide bonds. The number of Topliss-reactive ketones (excluding diaryl/α,β-unsaturated/α-hetero) is 1. The summed E-state index contributed by atoms with van der Waals surface area (Å²) in [5, 5.41) is 0.601. The van der Waals surface area contributed by atoms with E-state index in [4.69, 9.17) is 11.6 Å². The predicted molar refractivity (Wildman–Crippen MR) is 114 cm³/mol. The third-order valence-corrected chi connectivity index (χ3v) is 6.44. The van der Waals surface area contributed by atoms with Crippen LogP contribution in [0.5, 0.6) is 0 Å². The minimum atomic E-state index is -3.01. The normalized spacial score (nSPS) is 15.3. The fraction of sp³-hybridized carbons (Fsp3) is 0.364. The van der Waals surface area contributed by atoms with Crippen molar-refractivity contribution in [2.24, 2.45) is 5.92 Å². The summed E-state index contributed by atoms with van der Waals surface area (Å²) < 4.78 is 22.6. The molecule has 0 saturated carbocycles. The van der Waals surface area contributed by atoms with E-state index in [1.54, 1.807) is 53.4 Å². The van der Waals surface area contributed by atoms with Gasteiger partial charge in [0, 0.05) is 41.4 Å². The van der Waals surface area contributed by atoms with Crippen molar-refractivity contribution in [1.29, 1.82) is 0 Å². The molecule has 0 atom stereocenters. The second kappa shape index (κ2) is 9.09. The van der Waals surface area contributed by atoms with Gasteiger partial charge < -0.3 is 4.90 Å². The first-order valence-corrected chi connectivity index (χ1v) is 12.0. The lowest BCUT2D eigenvalue weighted by Crippen LogP contribution is -2.40. The average Bonchev–Trinajstić information content (AvgIpc) is 2.72. The van der Waals surface area contributed by atoms with Gasteiger partial charge in [-0.15, -0.1) is 0 Å². The van der Waals surface area contributed by atoms with Crippen LogP contribution in [0.3, 0.4) is 0 Å².